The summed E-state index contributed by atoms with van der Waals surface area (Å²) >= 11 is 0. The normalized spacial score (nSPS) is 33.3. The Morgan fingerprint density at radius 3 is 2.18 bits per heavy atom. The van der Waals surface area contributed by atoms with Crippen molar-refractivity contribution < 1.29 is 4.74 Å². The van der Waals surface area contributed by atoms with Crippen molar-refractivity contribution in [2.75, 3.05) is 6.61 Å². The molecular weight excluding hydrogens is 472 g/mol. The highest BCUT2D eigenvalue weighted by atomic mass is 16.5. The highest BCUT2D eigenvalue weighted by Gasteiger charge is 2.78. The van der Waals surface area contributed by atoms with E-state index in [0.717, 1.165) is 12.5 Å². The lowest BCUT2D eigenvalue weighted by Gasteiger charge is -2.74. The van der Waals surface area contributed by atoms with E-state index in [2.05, 4.69) is 111 Å². The molecule has 5 rings (SSSR count). The van der Waals surface area contributed by atoms with Crippen LogP contribution in [-0.2, 0) is 4.74 Å². The molecule has 0 aromatic heterocycles. The molecule has 212 valence electrons. The van der Waals surface area contributed by atoms with Gasteiger partial charge in [0, 0.05) is 12.0 Å². The van der Waals surface area contributed by atoms with Gasteiger partial charge in [0.05, 0.1) is 5.60 Å². The molecule has 1 heteroatoms. The van der Waals surface area contributed by atoms with E-state index in [1.165, 1.54) is 50.5 Å². The maximum Gasteiger partial charge on any atom is 0.0598 e. The molecule has 4 aliphatic rings. The Bertz CT molecular complexity index is 1180. The van der Waals surface area contributed by atoms with Gasteiger partial charge in [-0.1, -0.05) is 92.8 Å². The van der Waals surface area contributed by atoms with Crippen LogP contribution in [0.2, 0.25) is 0 Å². The standard InChI is InChI=1S/C38H54O/c1-26-24-33-32(31-18-13-12-14-19-31)20-17-21-34(33)37(26)25-38(29(4)27(2)28(3)30(38)5)36(37,9)22-15-10-11-16-23-39-35(6,7)8/h12-14,17-21,26,33-34H,10-11,15-16,22-25H2,1-9H3. The Hall–Kier alpha value is -1.86. The van der Waals surface area contributed by atoms with Crippen molar-refractivity contribution in [3.05, 3.63) is 76.4 Å². The largest absolute Gasteiger partial charge is 0.376 e. The lowest BCUT2D eigenvalue weighted by Crippen LogP contribution is -2.68. The molecular formula is C38H54O. The minimum Gasteiger partial charge on any atom is -0.376 e. The van der Waals surface area contributed by atoms with Crippen LogP contribution in [0.1, 0.15) is 113 Å². The van der Waals surface area contributed by atoms with Gasteiger partial charge in [0.1, 0.15) is 0 Å². The lowest BCUT2D eigenvalue weighted by atomic mass is 9.29. The first-order chi connectivity index (χ1) is 18.4. The van der Waals surface area contributed by atoms with Gasteiger partial charge in [-0.3, -0.25) is 0 Å². The molecule has 0 amide bonds. The zero-order valence-electron chi connectivity index (χ0n) is 26.4. The second-order valence-corrected chi connectivity index (χ2v) is 14.7. The molecule has 39 heavy (non-hydrogen) atoms. The van der Waals surface area contributed by atoms with Crippen LogP contribution in [0.15, 0.2) is 70.9 Å². The van der Waals surface area contributed by atoms with Gasteiger partial charge in [0.2, 0.25) is 0 Å². The molecule has 1 aromatic carbocycles. The maximum absolute atomic E-state index is 6.01. The number of allylic oxidation sites excluding steroid dienone is 8. The van der Waals surface area contributed by atoms with Gasteiger partial charge < -0.3 is 4.74 Å². The zero-order chi connectivity index (χ0) is 28.2. The van der Waals surface area contributed by atoms with Crippen LogP contribution in [0.25, 0.3) is 5.57 Å². The predicted octanol–water partition coefficient (Wildman–Crippen LogP) is 10.7. The molecule has 0 heterocycles. The van der Waals surface area contributed by atoms with Crippen molar-refractivity contribution in [3.8, 4) is 0 Å². The number of benzene rings is 1. The highest BCUT2D eigenvalue weighted by molar-refractivity contribution is 5.72. The zero-order valence-corrected chi connectivity index (χ0v) is 26.4. The summed E-state index contributed by atoms with van der Waals surface area (Å²) in [6.45, 7) is 22.4. The molecule has 5 atom stereocenters. The van der Waals surface area contributed by atoms with Gasteiger partial charge >= 0.3 is 0 Å². The third-order valence-electron chi connectivity index (χ3n) is 12.2. The fourth-order valence-electron chi connectivity index (χ4n) is 10.1. The predicted molar refractivity (Wildman–Crippen MR) is 167 cm³/mol. The Labute approximate surface area is 239 Å². The van der Waals surface area contributed by atoms with E-state index in [1.54, 1.807) is 27.9 Å². The van der Waals surface area contributed by atoms with Crippen molar-refractivity contribution in [1.29, 1.82) is 0 Å². The van der Waals surface area contributed by atoms with Crippen molar-refractivity contribution in [1.82, 2.24) is 0 Å². The fraction of sp³-hybridized carbons (Fsp3) is 0.632. The molecule has 0 bridgehead atoms. The second-order valence-electron chi connectivity index (χ2n) is 14.7. The molecule has 5 unspecified atom stereocenters. The van der Waals surface area contributed by atoms with Crippen molar-refractivity contribution in [2.24, 2.45) is 34.0 Å². The van der Waals surface area contributed by atoms with Gasteiger partial charge in [-0.05, 0) is 125 Å². The average Bonchev–Trinajstić information content (AvgIpc) is 3.30. The van der Waals surface area contributed by atoms with E-state index in [-0.39, 0.29) is 16.4 Å². The first kappa shape index (κ1) is 28.7. The van der Waals surface area contributed by atoms with Crippen molar-refractivity contribution in [3.63, 3.8) is 0 Å². The molecule has 1 aromatic rings. The maximum atomic E-state index is 6.01. The molecule has 2 fully saturated rings. The SMILES string of the molecule is CC1=C(C)C2(CC3(C(C)CC4C(c5ccccc5)=CC=CC43)C2(C)CCCCCCOC(C)(C)C)C(C)=C1C. The van der Waals surface area contributed by atoms with Crippen LogP contribution in [0, 0.1) is 34.0 Å². The Kier molecular flexibility index (Phi) is 7.50. The van der Waals surface area contributed by atoms with E-state index in [1.807, 2.05) is 0 Å². The molecule has 2 spiro atoms. The van der Waals surface area contributed by atoms with Crippen LogP contribution in [-0.4, -0.2) is 12.2 Å². The van der Waals surface area contributed by atoms with E-state index in [9.17, 15) is 0 Å². The molecule has 0 aliphatic heterocycles. The third kappa shape index (κ3) is 4.20. The summed E-state index contributed by atoms with van der Waals surface area (Å²) in [6, 6.07) is 11.2. The average molecular weight is 527 g/mol. The third-order valence-corrected chi connectivity index (χ3v) is 12.2. The van der Waals surface area contributed by atoms with Crippen LogP contribution < -0.4 is 0 Å². The van der Waals surface area contributed by atoms with Gasteiger partial charge in [0.15, 0.2) is 0 Å². The molecule has 0 saturated heterocycles. The van der Waals surface area contributed by atoms with Crippen LogP contribution in [0.5, 0.6) is 0 Å². The molecule has 0 radical (unpaired) electrons. The summed E-state index contributed by atoms with van der Waals surface area (Å²) in [5, 5.41) is 0. The molecule has 4 aliphatic carbocycles. The number of hydrogen-bond donors (Lipinski definition) is 0. The number of hydrogen-bond acceptors (Lipinski definition) is 1. The lowest BCUT2D eigenvalue weighted by molar-refractivity contribution is -0.209. The van der Waals surface area contributed by atoms with Crippen LogP contribution in [0.4, 0.5) is 0 Å². The van der Waals surface area contributed by atoms with E-state index in [0.29, 0.717) is 17.3 Å². The first-order valence-electron chi connectivity index (χ1n) is 15.8. The minimum absolute atomic E-state index is 0.0280. The monoisotopic (exact) mass is 526 g/mol. The van der Waals surface area contributed by atoms with E-state index >= 15 is 0 Å². The first-order valence-corrected chi connectivity index (χ1v) is 15.8. The number of fused-ring (bicyclic) bond motifs is 2. The van der Waals surface area contributed by atoms with Gasteiger partial charge in [-0.15, -0.1) is 0 Å². The van der Waals surface area contributed by atoms with E-state index < -0.39 is 0 Å². The molecule has 2 saturated carbocycles. The minimum atomic E-state index is -0.0280. The quantitative estimate of drug-likeness (QED) is 0.306. The summed E-state index contributed by atoms with van der Waals surface area (Å²) in [4.78, 5) is 0. The Morgan fingerprint density at radius 2 is 1.54 bits per heavy atom. The van der Waals surface area contributed by atoms with Crippen LogP contribution in [0.3, 0.4) is 0 Å². The highest BCUT2D eigenvalue weighted by Crippen LogP contribution is 2.85. The van der Waals surface area contributed by atoms with Crippen molar-refractivity contribution in [2.45, 2.75) is 113 Å². The van der Waals surface area contributed by atoms with Crippen molar-refractivity contribution >= 4 is 5.57 Å². The number of unbranched alkanes of at least 4 members (excludes halogenated alkanes) is 3. The Morgan fingerprint density at radius 1 is 0.897 bits per heavy atom. The smallest absolute Gasteiger partial charge is 0.0598 e. The second kappa shape index (κ2) is 10.2. The summed E-state index contributed by atoms with van der Waals surface area (Å²) in [5.41, 5.74) is 10.3. The van der Waals surface area contributed by atoms with Gasteiger partial charge in [0.25, 0.3) is 0 Å². The molecule has 1 nitrogen and oxygen atoms in total. The van der Waals surface area contributed by atoms with E-state index in [4.69, 9.17) is 4.74 Å². The number of ether oxygens (including phenoxy) is 1. The summed E-state index contributed by atoms with van der Waals surface area (Å²) in [6.07, 6.45) is 16.5. The topological polar surface area (TPSA) is 9.23 Å². The summed E-state index contributed by atoms with van der Waals surface area (Å²) in [5.74, 6) is 1.99. The fourth-order valence-corrected chi connectivity index (χ4v) is 10.1. The Balaban J connectivity index is 1.43. The number of rotatable bonds is 8. The summed E-state index contributed by atoms with van der Waals surface area (Å²) < 4.78 is 6.01. The van der Waals surface area contributed by atoms with Gasteiger partial charge in [-0.25, -0.2) is 0 Å². The van der Waals surface area contributed by atoms with Crippen LogP contribution >= 0.6 is 0 Å². The van der Waals surface area contributed by atoms with Gasteiger partial charge in [-0.2, -0.15) is 0 Å². The molecule has 0 N–H and O–H groups in total. The summed E-state index contributed by atoms with van der Waals surface area (Å²) in [7, 11) is 0.